The molecule has 0 aromatic heterocycles. The lowest BCUT2D eigenvalue weighted by atomic mass is 10.8. The summed E-state index contributed by atoms with van der Waals surface area (Å²) in [5, 5.41) is 7.90. The van der Waals surface area contributed by atoms with Crippen molar-refractivity contribution in [2.24, 2.45) is 5.10 Å². The first-order valence-electron chi connectivity index (χ1n) is 2.91. The highest BCUT2D eigenvalue weighted by Gasteiger charge is 2.29. The van der Waals surface area contributed by atoms with E-state index in [1.54, 1.807) is 5.12 Å². The molecule has 0 atom stereocenters. The van der Waals surface area contributed by atoms with E-state index in [9.17, 15) is 0 Å². The van der Waals surface area contributed by atoms with Gasteiger partial charge in [0.2, 0.25) is 6.34 Å². The third-order valence-corrected chi connectivity index (χ3v) is 1.67. The van der Waals surface area contributed by atoms with Gasteiger partial charge in [0.05, 0.1) is 21.1 Å². The van der Waals surface area contributed by atoms with Crippen LogP contribution in [0, 0.1) is 0 Å². The van der Waals surface area contributed by atoms with Crippen molar-refractivity contribution in [2.75, 3.05) is 28.2 Å². The summed E-state index contributed by atoms with van der Waals surface area (Å²) < 4.78 is 0.691. The lowest BCUT2D eigenvalue weighted by Gasteiger charge is -2.28. The predicted molar refractivity (Wildman–Crippen MR) is 36.1 cm³/mol. The van der Waals surface area contributed by atoms with Crippen molar-refractivity contribution in [3.8, 4) is 0 Å². The quantitative estimate of drug-likeness (QED) is 0.389. The fraction of sp³-hybridized carbons (Fsp3) is 0.800. The summed E-state index contributed by atoms with van der Waals surface area (Å²) in [7, 11) is 8.04. The Hall–Kier alpha value is -0.130. The van der Waals surface area contributed by atoms with Gasteiger partial charge in [-0.2, -0.15) is 9.71 Å². The van der Waals surface area contributed by atoms with Crippen LogP contribution >= 0.6 is 0 Å². The maximum atomic E-state index is 4.08. The molecule has 60 valence electrons. The van der Waals surface area contributed by atoms with Crippen molar-refractivity contribution >= 4 is 6.34 Å². The van der Waals surface area contributed by atoms with Crippen LogP contribution in [0.25, 0.3) is 0 Å². The molecule has 4 nitrogen and oxygen atoms in total. The SMILES string of the molecule is CN1N=C[N+](C)(C)N1C.[Br-]. The molecule has 10 heavy (non-hydrogen) atoms. The van der Waals surface area contributed by atoms with Crippen LogP contribution < -0.4 is 17.0 Å². The maximum absolute atomic E-state index is 4.08. The molecule has 0 N–H and O–H groups in total. The zero-order valence-corrected chi connectivity index (χ0v) is 8.33. The van der Waals surface area contributed by atoms with E-state index in [0.29, 0.717) is 4.59 Å². The highest BCUT2D eigenvalue weighted by atomic mass is 79.9. The molecule has 5 heteroatoms. The van der Waals surface area contributed by atoms with Crippen LogP contribution in [0.4, 0.5) is 0 Å². The second kappa shape index (κ2) is 2.86. The standard InChI is InChI=1S/C5H13N4.BrH/c1-7-6-5-9(3,4)8(7)2;/h5H,1-4H3;1H/q+1;/p-1. The number of hydrazine groups is 1. The van der Waals surface area contributed by atoms with Crippen LogP contribution in [0.5, 0.6) is 0 Å². The Kier molecular flexibility index (Phi) is 2.82. The number of rotatable bonds is 0. The van der Waals surface area contributed by atoms with Gasteiger partial charge in [0.1, 0.15) is 0 Å². The summed E-state index contributed by atoms with van der Waals surface area (Å²) in [6.07, 6.45) is 1.88. The Balaban J connectivity index is 0.000000810. The molecule has 0 saturated heterocycles. The van der Waals surface area contributed by atoms with E-state index in [0.717, 1.165) is 0 Å². The molecule has 0 amide bonds. The van der Waals surface area contributed by atoms with Crippen LogP contribution in [-0.4, -0.2) is 49.4 Å². The summed E-state index contributed by atoms with van der Waals surface area (Å²) in [4.78, 5) is 0. The molecule has 0 unspecified atom stereocenters. The minimum absolute atomic E-state index is 0. The van der Waals surface area contributed by atoms with E-state index < -0.39 is 0 Å². The molecule has 0 bridgehead atoms. The van der Waals surface area contributed by atoms with E-state index in [4.69, 9.17) is 0 Å². The minimum atomic E-state index is 0. The number of halogens is 1. The van der Waals surface area contributed by atoms with Gasteiger partial charge in [-0.1, -0.05) is 0 Å². The smallest absolute Gasteiger partial charge is 0.229 e. The van der Waals surface area contributed by atoms with Crippen LogP contribution in [0.2, 0.25) is 0 Å². The number of hydrogen-bond donors (Lipinski definition) is 0. The summed E-state index contributed by atoms with van der Waals surface area (Å²) in [5.41, 5.74) is 0. The van der Waals surface area contributed by atoms with E-state index in [1.165, 1.54) is 0 Å². The number of quaternary nitrogens is 1. The van der Waals surface area contributed by atoms with Crippen LogP contribution in [0.1, 0.15) is 0 Å². The Labute approximate surface area is 72.0 Å². The molecule has 1 aliphatic heterocycles. The van der Waals surface area contributed by atoms with E-state index >= 15 is 0 Å². The van der Waals surface area contributed by atoms with Gasteiger partial charge in [-0.3, -0.25) is 0 Å². The molecular weight excluding hydrogens is 196 g/mol. The molecule has 0 spiro atoms. The van der Waals surface area contributed by atoms with Gasteiger partial charge >= 0.3 is 0 Å². The summed E-state index contributed by atoms with van der Waals surface area (Å²) >= 11 is 0. The van der Waals surface area contributed by atoms with Crippen LogP contribution in [0.3, 0.4) is 0 Å². The third-order valence-electron chi connectivity index (χ3n) is 1.67. The Morgan fingerprint density at radius 2 is 1.80 bits per heavy atom. The Morgan fingerprint density at radius 1 is 1.30 bits per heavy atom. The summed E-state index contributed by atoms with van der Waals surface area (Å²) in [5.74, 6) is 0. The number of hydrogen-bond acceptors (Lipinski definition) is 3. The molecule has 0 aromatic rings. The van der Waals surface area contributed by atoms with E-state index in [2.05, 4.69) is 19.2 Å². The van der Waals surface area contributed by atoms with Gasteiger partial charge in [-0.15, -0.1) is 5.10 Å². The van der Waals surface area contributed by atoms with Gasteiger partial charge < -0.3 is 17.0 Å². The molecule has 1 aliphatic rings. The Bertz CT molecular complexity index is 145. The highest BCUT2D eigenvalue weighted by molar-refractivity contribution is 5.45. The molecule has 0 aromatic carbocycles. The average Bonchev–Trinajstić information content (AvgIpc) is 1.97. The fourth-order valence-corrected chi connectivity index (χ4v) is 0.684. The first-order valence-corrected chi connectivity index (χ1v) is 2.91. The molecule has 0 saturated carbocycles. The van der Waals surface area contributed by atoms with Gasteiger partial charge in [0, 0.05) is 7.05 Å². The minimum Gasteiger partial charge on any atom is -1.00 e. The van der Waals surface area contributed by atoms with Crippen molar-refractivity contribution in [3.05, 3.63) is 0 Å². The van der Waals surface area contributed by atoms with Gasteiger partial charge in [-0.05, 0) is 5.12 Å². The third kappa shape index (κ3) is 1.47. The van der Waals surface area contributed by atoms with Crippen LogP contribution in [-0.2, 0) is 0 Å². The van der Waals surface area contributed by atoms with Gasteiger partial charge in [-0.25, -0.2) is 0 Å². The van der Waals surface area contributed by atoms with Crippen molar-refractivity contribution in [1.29, 1.82) is 0 Å². The predicted octanol–water partition coefficient (Wildman–Crippen LogP) is -3.28. The fourth-order valence-electron chi connectivity index (χ4n) is 0.684. The van der Waals surface area contributed by atoms with E-state index in [1.807, 2.05) is 25.6 Å². The molecule has 0 fully saturated rings. The first-order chi connectivity index (χ1) is 4.04. The summed E-state index contributed by atoms with van der Waals surface area (Å²) in [6, 6.07) is 0. The zero-order chi connectivity index (χ0) is 7.07. The van der Waals surface area contributed by atoms with E-state index in [-0.39, 0.29) is 17.0 Å². The number of hydrazone groups is 1. The lowest BCUT2D eigenvalue weighted by molar-refractivity contribution is -0.929. The molecule has 0 aliphatic carbocycles. The second-order valence-corrected chi connectivity index (χ2v) is 2.69. The van der Waals surface area contributed by atoms with Crippen molar-refractivity contribution in [1.82, 2.24) is 10.2 Å². The molecule has 1 heterocycles. The molecule has 0 radical (unpaired) electrons. The maximum Gasteiger partial charge on any atom is 0.229 e. The zero-order valence-electron chi connectivity index (χ0n) is 6.74. The Morgan fingerprint density at radius 3 is 1.90 bits per heavy atom. The molecule has 1 rings (SSSR count). The molecular formula is C5H13BrN4. The topological polar surface area (TPSA) is 18.8 Å². The normalized spacial score (nSPS) is 23.0. The highest BCUT2D eigenvalue weighted by Crippen LogP contribution is 2.08. The van der Waals surface area contributed by atoms with Crippen LogP contribution in [0.15, 0.2) is 5.10 Å². The van der Waals surface area contributed by atoms with Crippen molar-refractivity contribution < 1.29 is 21.6 Å². The largest absolute Gasteiger partial charge is 1.00 e. The van der Waals surface area contributed by atoms with Gasteiger partial charge in [0.15, 0.2) is 0 Å². The van der Waals surface area contributed by atoms with Gasteiger partial charge in [0.25, 0.3) is 0 Å². The lowest BCUT2D eigenvalue weighted by Crippen LogP contribution is -3.00. The first kappa shape index (κ1) is 9.87. The van der Waals surface area contributed by atoms with Crippen molar-refractivity contribution in [3.63, 3.8) is 0 Å². The monoisotopic (exact) mass is 208 g/mol. The van der Waals surface area contributed by atoms with Crippen molar-refractivity contribution in [2.45, 2.75) is 0 Å². The average molecular weight is 209 g/mol. The second-order valence-electron chi connectivity index (χ2n) is 2.69. The number of nitrogens with zero attached hydrogens (tertiary/aromatic N) is 4. The summed E-state index contributed by atoms with van der Waals surface area (Å²) in [6.45, 7) is 0.